The highest BCUT2D eigenvalue weighted by Crippen LogP contribution is 2.45. The van der Waals surface area contributed by atoms with Crippen LogP contribution in [0.3, 0.4) is 0 Å². The molecule has 0 N–H and O–H groups in total. The number of carbonyl (C=O) groups excluding carboxylic acids is 2. The Morgan fingerprint density at radius 1 is 1.17 bits per heavy atom. The van der Waals surface area contributed by atoms with E-state index in [0.717, 1.165) is 11.1 Å². The molecular weight excluding hydrogens is 388 g/mol. The predicted molar refractivity (Wildman–Crippen MR) is 110 cm³/mol. The number of rotatable bonds is 8. The molecule has 0 bridgehead atoms. The minimum Gasteiger partial charge on any atom is -0.493 e. The summed E-state index contributed by atoms with van der Waals surface area (Å²) in [5.74, 6) is -0.126. The lowest BCUT2D eigenvalue weighted by Crippen LogP contribution is -2.33. The molecule has 0 saturated carbocycles. The fourth-order valence-corrected chi connectivity index (χ4v) is 3.14. The predicted octanol–water partition coefficient (Wildman–Crippen LogP) is 4.01. The van der Waals surface area contributed by atoms with Crippen molar-refractivity contribution < 1.29 is 36.0 Å². The van der Waals surface area contributed by atoms with Crippen molar-refractivity contribution in [1.29, 1.82) is 0 Å². The summed E-state index contributed by atoms with van der Waals surface area (Å²) in [6.07, 6.45) is 0. The van der Waals surface area contributed by atoms with Gasteiger partial charge >= 0.3 is 11.9 Å². The van der Waals surface area contributed by atoms with E-state index >= 15 is 0 Å². The third kappa shape index (κ3) is 4.06. The van der Waals surface area contributed by atoms with Gasteiger partial charge in [0.15, 0.2) is 11.5 Å². The smallest absolute Gasteiger partial charge is 0.338 e. The molecule has 30 heavy (non-hydrogen) atoms. The molecule has 7 heteroatoms. The number of hydrogen-bond donors (Lipinski definition) is 0. The zero-order valence-electron chi connectivity index (χ0n) is 19.4. The van der Waals surface area contributed by atoms with Crippen LogP contribution in [0, 0.1) is 5.41 Å². The van der Waals surface area contributed by atoms with Crippen molar-refractivity contribution in [3.8, 4) is 28.4 Å². The van der Waals surface area contributed by atoms with Crippen LogP contribution in [0.2, 0.25) is 0 Å². The molecule has 1 aliphatic rings. The van der Waals surface area contributed by atoms with E-state index < -0.39 is 18.4 Å². The minimum absolute atomic E-state index is 0.0175. The van der Waals surface area contributed by atoms with Gasteiger partial charge in [-0.3, -0.25) is 4.79 Å². The highest BCUT2D eigenvalue weighted by Gasteiger charge is 2.32. The maximum absolute atomic E-state index is 12.3. The molecule has 160 valence electrons. The van der Waals surface area contributed by atoms with Crippen LogP contribution in [0.1, 0.15) is 39.4 Å². The van der Waals surface area contributed by atoms with E-state index in [9.17, 15) is 9.59 Å². The van der Waals surface area contributed by atoms with E-state index in [1.807, 2.05) is 6.07 Å². The lowest BCUT2D eigenvalue weighted by Gasteiger charge is -2.25. The van der Waals surface area contributed by atoms with Crippen LogP contribution in [0.5, 0.6) is 17.2 Å². The lowest BCUT2D eigenvalue weighted by atomic mass is 9.95. The number of carbonyl (C=O) groups is 2. The molecule has 0 amide bonds. The molecule has 0 atom stereocenters. The fraction of sp³-hybridized carbons (Fsp3) is 0.391. The molecule has 0 spiro atoms. The molecule has 0 saturated heterocycles. The number of fused-ring (bicyclic) bond motifs is 1. The van der Waals surface area contributed by atoms with Crippen LogP contribution in [0.25, 0.3) is 11.1 Å². The summed E-state index contributed by atoms with van der Waals surface area (Å²) >= 11 is 0. The van der Waals surface area contributed by atoms with Crippen LogP contribution in [-0.2, 0) is 20.9 Å². The first-order chi connectivity index (χ1) is 15.2. The van der Waals surface area contributed by atoms with Crippen molar-refractivity contribution in [2.24, 2.45) is 5.41 Å². The second-order valence-electron chi connectivity index (χ2n) is 7.43. The molecule has 7 nitrogen and oxygen atoms in total. The summed E-state index contributed by atoms with van der Waals surface area (Å²) in [4.78, 5) is 24.1. The Bertz CT molecular complexity index is 1020. The highest BCUT2D eigenvalue weighted by molar-refractivity contribution is 5.94. The third-order valence-corrected chi connectivity index (χ3v) is 4.81. The average molecular weight is 416 g/mol. The van der Waals surface area contributed by atoms with Gasteiger partial charge in [0.05, 0.1) is 34.5 Å². The fourth-order valence-electron chi connectivity index (χ4n) is 3.14. The van der Waals surface area contributed by atoms with E-state index in [1.54, 1.807) is 45.0 Å². The van der Waals surface area contributed by atoms with Gasteiger partial charge in [-0.15, -0.1) is 0 Å². The van der Waals surface area contributed by atoms with Crippen molar-refractivity contribution in [1.82, 2.24) is 0 Å². The van der Waals surface area contributed by atoms with Gasteiger partial charge in [-0.1, -0.05) is 6.07 Å². The summed E-state index contributed by atoms with van der Waals surface area (Å²) in [7, 11) is -0.144. The average Bonchev–Trinajstić information content (AvgIpc) is 3.12. The van der Waals surface area contributed by atoms with E-state index in [0.29, 0.717) is 11.1 Å². The Morgan fingerprint density at radius 3 is 2.63 bits per heavy atom. The number of hydrogen-bond acceptors (Lipinski definition) is 7. The minimum atomic E-state index is -1.57. The quantitative estimate of drug-likeness (QED) is 0.602. The van der Waals surface area contributed by atoms with Gasteiger partial charge in [0.25, 0.3) is 0 Å². The zero-order chi connectivity index (χ0) is 23.5. The van der Waals surface area contributed by atoms with Gasteiger partial charge in [0.2, 0.25) is 5.75 Å². The van der Waals surface area contributed by atoms with Gasteiger partial charge < -0.3 is 23.7 Å². The number of methoxy groups -OCH3 is 2. The first-order valence-electron chi connectivity index (χ1n) is 10.7. The molecule has 0 aliphatic carbocycles. The maximum atomic E-state index is 12.3. The Balaban J connectivity index is 2.05. The monoisotopic (exact) mass is 416 g/mol. The van der Waals surface area contributed by atoms with Crippen molar-refractivity contribution in [3.05, 3.63) is 41.5 Å². The van der Waals surface area contributed by atoms with Crippen LogP contribution in [0.4, 0.5) is 0 Å². The van der Waals surface area contributed by atoms with Crippen molar-refractivity contribution in [3.63, 3.8) is 0 Å². The summed E-state index contributed by atoms with van der Waals surface area (Å²) in [5.41, 5.74) is 1.69. The lowest BCUT2D eigenvalue weighted by molar-refractivity contribution is -0.155. The molecule has 0 radical (unpaired) electrons. The van der Waals surface area contributed by atoms with Crippen LogP contribution >= 0.6 is 0 Å². The van der Waals surface area contributed by atoms with Crippen LogP contribution in [0.15, 0.2) is 30.3 Å². The van der Waals surface area contributed by atoms with Crippen molar-refractivity contribution in [2.45, 2.75) is 27.4 Å². The standard InChI is InChI=1S/C23H26O7/c1-6-28-22(25)23(2,3)13-30-19-16(9-10-18(26-4)20(19)27-5)14-7-8-17-15(11-14)12-29-21(17)24/h7-11H,6,12-13H2,1-5H3/i4D2. The first kappa shape index (κ1) is 18.8. The SMILES string of the molecule is [2H]C([2H])Oc1ccc(-c2ccc3c(c2)COC3=O)c(OCC(C)(C)C(=O)OCC)c1OC. The molecule has 1 heterocycles. The second kappa shape index (κ2) is 8.65. The van der Waals surface area contributed by atoms with E-state index in [2.05, 4.69) is 0 Å². The van der Waals surface area contributed by atoms with Crippen LogP contribution in [-0.4, -0.2) is 39.3 Å². The molecule has 2 aromatic rings. The highest BCUT2D eigenvalue weighted by atomic mass is 16.6. The summed E-state index contributed by atoms with van der Waals surface area (Å²) in [6, 6.07) is 8.58. The molecule has 0 unspecified atom stereocenters. The number of benzene rings is 2. The molecule has 0 aromatic heterocycles. The molecule has 1 aliphatic heterocycles. The molecule has 3 rings (SSSR count). The van der Waals surface area contributed by atoms with Gasteiger partial charge in [0.1, 0.15) is 13.2 Å². The number of ether oxygens (including phenoxy) is 5. The van der Waals surface area contributed by atoms with Gasteiger partial charge in [-0.25, -0.2) is 4.79 Å². The van der Waals surface area contributed by atoms with E-state index in [4.69, 9.17) is 26.4 Å². The normalized spacial score (nSPS) is 13.8. The van der Waals surface area contributed by atoms with Gasteiger partial charge in [0, 0.05) is 11.1 Å². The Hall–Kier alpha value is -3.22. The molecular formula is C23H26O7. The Kier molecular flexibility index (Phi) is 5.42. The molecule has 2 aromatic carbocycles. The van der Waals surface area contributed by atoms with Crippen molar-refractivity contribution >= 4 is 11.9 Å². The molecule has 0 fully saturated rings. The summed E-state index contributed by atoms with van der Waals surface area (Å²) in [6.45, 7) is 5.57. The van der Waals surface area contributed by atoms with E-state index in [1.165, 1.54) is 7.11 Å². The second-order valence-corrected chi connectivity index (χ2v) is 7.43. The first-order valence-corrected chi connectivity index (χ1v) is 9.50. The summed E-state index contributed by atoms with van der Waals surface area (Å²) < 4.78 is 41.9. The maximum Gasteiger partial charge on any atom is 0.338 e. The zero-order valence-corrected chi connectivity index (χ0v) is 17.4. The Morgan fingerprint density at radius 2 is 1.93 bits per heavy atom. The largest absolute Gasteiger partial charge is 0.493 e. The summed E-state index contributed by atoms with van der Waals surface area (Å²) in [5, 5.41) is 0. The van der Waals surface area contributed by atoms with Crippen LogP contribution < -0.4 is 14.2 Å². The topological polar surface area (TPSA) is 80.3 Å². The number of cyclic esters (lactones) is 1. The van der Waals surface area contributed by atoms with Crippen molar-refractivity contribution in [2.75, 3.05) is 27.4 Å². The van der Waals surface area contributed by atoms with Gasteiger partial charge in [-0.2, -0.15) is 0 Å². The Labute approximate surface area is 178 Å². The van der Waals surface area contributed by atoms with Gasteiger partial charge in [-0.05, 0) is 50.6 Å². The van der Waals surface area contributed by atoms with E-state index in [-0.39, 0.29) is 43.0 Å². The number of esters is 2. The third-order valence-electron chi connectivity index (χ3n) is 4.81.